The van der Waals surface area contributed by atoms with Gasteiger partial charge in [0, 0.05) is 29.1 Å². The van der Waals surface area contributed by atoms with Crippen molar-refractivity contribution in [2.75, 3.05) is 24.6 Å². The van der Waals surface area contributed by atoms with E-state index in [9.17, 15) is 18.3 Å². The van der Waals surface area contributed by atoms with Crippen LogP contribution in [0, 0.1) is 23.7 Å². The molecule has 6 atom stereocenters. The largest absolute Gasteiger partial charge is 0.490 e. The Balaban J connectivity index is 1.27. The van der Waals surface area contributed by atoms with Gasteiger partial charge in [-0.1, -0.05) is 56.0 Å². The number of fused-ring (bicyclic) bond motifs is 4. The highest BCUT2D eigenvalue weighted by atomic mass is 35.5. The van der Waals surface area contributed by atoms with E-state index in [4.69, 9.17) is 16.3 Å². The molecule has 1 amide bonds. The predicted octanol–water partition coefficient (Wildman–Crippen LogP) is 6.41. The number of aryl methyl sites for hydroxylation is 1. The van der Waals surface area contributed by atoms with Crippen LogP contribution in [0.25, 0.3) is 0 Å². The minimum Gasteiger partial charge on any atom is -0.490 e. The topological polar surface area (TPSA) is 95.9 Å². The van der Waals surface area contributed by atoms with E-state index < -0.39 is 27.3 Å². The molecule has 0 saturated heterocycles. The van der Waals surface area contributed by atoms with Crippen molar-refractivity contribution in [1.82, 2.24) is 4.72 Å². The van der Waals surface area contributed by atoms with Crippen LogP contribution in [0.4, 0.5) is 5.69 Å². The van der Waals surface area contributed by atoms with Gasteiger partial charge in [-0.2, -0.15) is 0 Å². The second-order valence-corrected chi connectivity index (χ2v) is 16.8. The third-order valence-electron chi connectivity index (χ3n) is 11.6. The standard InChI is InChI=1S/C36H45ClN2O5S/c1-23-5-2-9-32(40)29-13-10-27(29)20-39-21-36(16-4-8-25-18-28(37)12-14-30(25)36)22-44-33-15-11-26(19-31(33)39)35(41)38-45(42,43)34(23)17-24-6-3-7-24/h2,9,11-12,14-15,18-19,23-24,27,29,32,34,40H,3-8,10,13,16-17,20-22H2,1H3,(H,38,41)/b9-2-/t23-,27-,29+,32-,34-,36-/m0/s1. The van der Waals surface area contributed by atoms with Crippen LogP contribution in [0.5, 0.6) is 5.75 Å². The molecule has 7 nitrogen and oxygen atoms in total. The number of benzene rings is 2. The fourth-order valence-electron chi connectivity index (χ4n) is 8.52. The Morgan fingerprint density at radius 2 is 1.96 bits per heavy atom. The van der Waals surface area contributed by atoms with Crippen LogP contribution in [-0.4, -0.2) is 50.5 Å². The number of aliphatic hydroxyl groups is 1. The number of aliphatic hydroxyl groups excluding tert-OH is 1. The first kappa shape index (κ1) is 31.1. The van der Waals surface area contributed by atoms with E-state index in [-0.39, 0.29) is 23.2 Å². The Bertz CT molecular complexity index is 1590. The lowest BCUT2D eigenvalue weighted by molar-refractivity contribution is 0.0455. The lowest BCUT2D eigenvalue weighted by Crippen LogP contribution is -2.49. The van der Waals surface area contributed by atoms with Crippen LogP contribution in [0.15, 0.2) is 48.6 Å². The van der Waals surface area contributed by atoms with Crippen molar-refractivity contribution in [3.05, 3.63) is 70.3 Å². The molecule has 2 heterocycles. The van der Waals surface area contributed by atoms with Gasteiger partial charge in [0.25, 0.3) is 5.91 Å². The molecule has 2 aliphatic heterocycles. The molecule has 2 aromatic rings. The summed E-state index contributed by atoms with van der Waals surface area (Å²) < 4.78 is 36.6. The molecule has 0 aromatic heterocycles. The number of amides is 1. The molecule has 242 valence electrons. The zero-order valence-corrected chi connectivity index (χ0v) is 27.7. The molecule has 5 aliphatic rings. The van der Waals surface area contributed by atoms with E-state index in [1.54, 1.807) is 6.07 Å². The van der Waals surface area contributed by atoms with Gasteiger partial charge in [-0.15, -0.1) is 0 Å². The summed E-state index contributed by atoms with van der Waals surface area (Å²) in [7, 11) is -3.94. The van der Waals surface area contributed by atoms with E-state index in [1.807, 2.05) is 37.3 Å². The van der Waals surface area contributed by atoms with E-state index in [1.165, 1.54) is 11.1 Å². The summed E-state index contributed by atoms with van der Waals surface area (Å²) in [5, 5.41) is 11.4. The maximum Gasteiger partial charge on any atom is 0.264 e. The fraction of sp³-hybridized carbons (Fsp3) is 0.583. The summed E-state index contributed by atoms with van der Waals surface area (Å²) in [6.07, 6.45) is 12.5. The molecular formula is C36H45ClN2O5S. The Hall–Kier alpha value is -2.55. The highest BCUT2D eigenvalue weighted by molar-refractivity contribution is 7.90. The minimum absolute atomic E-state index is 0.131. The van der Waals surface area contributed by atoms with Gasteiger partial charge in [0.1, 0.15) is 5.75 Å². The molecule has 2 bridgehead atoms. The fourth-order valence-corrected chi connectivity index (χ4v) is 10.5. The number of hydrogen-bond acceptors (Lipinski definition) is 6. The third kappa shape index (κ3) is 6.03. The number of nitrogens with one attached hydrogen (secondary N) is 1. The van der Waals surface area contributed by atoms with Crippen molar-refractivity contribution in [2.45, 2.75) is 87.9 Å². The molecule has 0 unspecified atom stereocenters. The van der Waals surface area contributed by atoms with Crippen LogP contribution in [0.1, 0.15) is 86.2 Å². The second-order valence-electron chi connectivity index (χ2n) is 14.5. The van der Waals surface area contributed by atoms with Gasteiger partial charge in [0.2, 0.25) is 10.0 Å². The van der Waals surface area contributed by atoms with Gasteiger partial charge < -0.3 is 14.7 Å². The van der Waals surface area contributed by atoms with Gasteiger partial charge in [0.05, 0.1) is 23.6 Å². The molecule has 3 aliphatic carbocycles. The number of sulfonamides is 1. The summed E-state index contributed by atoms with van der Waals surface area (Å²) in [5.74, 6) is 0.694. The van der Waals surface area contributed by atoms with Crippen molar-refractivity contribution >= 4 is 33.2 Å². The molecule has 45 heavy (non-hydrogen) atoms. The number of anilines is 1. The molecule has 2 aromatic carbocycles. The lowest BCUT2D eigenvalue weighted by Gasteiger charge is -2.45. The Morgan fingerprint density at radius 1 is 1.11 bits per heavy atom. The lowest BCUT2D eigenvalue weighted by atomic mass is 9.68. The average Bonchev–Trinajstić information content (AvgIpc) is 3.10. The van der Waals surface area contributed by atoms with E-state index in [0.717, 1.165) is 68.6 Å². The molecule has 2 fully saturated rings. The van der Waals surface area contributed by atoms with E-state index in [0.29, 0.717) is 43.2 Å². The summed E-state index contributed by atoms with van der Waals surface area (Å²) in [6.45, 7) is 3.88. The summed E-state index contributed by atoms with van der Waals surface area (Å²) in [5.41, 5.74) is 3.38. The van der Waals surface area contributed by atoms with Gasteiger partial charge in [-0.05, 0) is 110 Å². The first-order valence-corrected chi connectivity index (χ1v) is 18.8. The van der Waals surface area contributed by atoms with Crippen molar-refractivity contribution in [1.29, 1.82) is 0 Å². The van der Waals surface area contributed by atoms with E-state index >= 15 is 0 Å². The minimum atomic E-state index is -3.94. The summed E-state index contributed by atoms with van der Waals surface area (Å²) in [6, 6.07) is 11.5. The Kier molecular flexibility index (Phi) is 8.45. The van der Waals surface area contributed by atoms with Crippen molar-refractivity contribution in [3.8, 4) is 5.75 Å². The average molecular weight is 653 g/mol. The smallest absolute Gasteiger partial charge is 0.264 e. The second kappa shape index (κ2) is 12.2. The molecular weight excluding hydrogens is 608 g/mol. The van der Waals surface area contributed by atoms with Crippen molar-refractivity contribution in [2.24, 2.45) is 23.7 Å². The maximum absolute atomic E-state index is 13.8. The normalized spacial score (nSPS) is 33.8. The molecule has 2 saturated carbocycles. The maximum atomic E-state index is 13.8. The summed E-state index contributed by atoms with van der Waals surface area (Å²) >= 11 is 6.41. The Morgan fingerprint density at radius 3 is 2.71 bits per heavy atom. The van der Waals surface area contributed by atoms with Crippen LogP contribution in [0.2, 0.25) is 5.02 Å². The van der Waals surface area contributed by atoms with Gasteiger partial charge >= 0.3 is 0 Å². The van der Waals surface area contributed by atoms with Gasteiger partial charge in [0.15, 0.2) is 0 Å². The molecule has 7 rings (SSSR count). The van der Waals surface area contributed by atoms with Crippen LogP contribution in [-0.2, 0) is 21.9 Å². The SMILES string of the molecule is C[C@H]1C/C=C\[C@H](O)[C@@H]2CC[C@H]2CN2C[C@@]3(CCCc4cc(Cl)ccc43)COc3ccc(cc32)C(=O)NS(=O)(=O)[C@H]1CC1CCC1. The zero-order valence-electron chi connectivity index (χ0n) is 26.1. The summed E-state index contributed by atoms with van der Waals surface area (Å²) in [4.78, 5) is 16.0. The highest BCUT2D eigenvalue weighted by Crippen LogP contribution is 2.47. The van der Waals surface area contributed by atoms with Crippen molar-refractivity contribution in [3.63, 3.8) is 0 Å². The monoisotopic (exact) mass is 652 g/mol. The quantitative estimate of drug-likeness (QED) is 0.364. The number of allylic oxidation sites excluding steroid dienone is 1. The molecule has 1 spiro atoms. The molecule has 0 radical (unpaired) electrons. The van der Waals surface area contributed by atoms with Crippen molar-refractivity contribution < 1.29 is 23.1 Å². The van der Waals surface area contributed by atoms with E-state index in [2.05, 4.69) is 21.8 Å². The first-order valence-electron chi connectivity index (χ1n) is 16.8. The predicted molar refractivity (Wildman–Crippen MR) is 177 cm³/mol. The zero-order chi connectivity index (χ0) is 31.3. The number of carbonyl (C=O) groups excluding carboxylic acids is 1. The number of rotatable bonds is 2. The highest BCUT2D eigenvalue weighted by Gasteiger charge is 2.44. The number of carbonyl (C=O) groups is 1. The van der Waals surface area contributed by atoms with Crippen LogP contribution in [0.3, 0.4) is 0 Å². The van der Waals surface area contributed by atoms with Gasteiger partial charge in [-0.25, -0.2) is 13.1 Å². The number of nitrogens with zero attached hydrogens (tertiary/aromatic N) is 1. The number of ether oxygens (including phenoxy) is 1. The number of hydrogen-bond donors (Lipinski definition) is 2. The van der Waals surface area contributed by atoms with Gasteiger partial charge in [-0.3, -0.25) is 4.79 Å². The van der Waals surface area contributed by atoms with Crippen LogP contribution < -0.4 is 14.4 Å². The first-order chi connectivity index (χ1) is 21.6. The molecule has 2 N–H and O–H groups in total. The molecule has 9 heteroatoms. The Labute approximate surface area is 272 Å². The number of halogens is 1. The van der Waals surface area contributed by atoms with Crippen LogP contribution >= 0.6 is 11.6 Å². The third-order valence-corrected chi connectivity index (χ3v) is 13.7.